The molecule has 1 fully saturated rings. The minimum Gasteiger partial charge on any atom is -0.311 e. The van der Waals surface area contributed by atoms with Crippen molar-refractivity contribution in [1.82, 2.24) is 9.80 Å². The maximum Gasteiger partial charge on any atom is 0.327 e. The van der Waals surface area contributed by atoms with Crippen molar-refractivity contribution < 1.29 is 9.59 Å². The van der Waals surface area contributed by atoms with Crippen LogP contribution < -0.4 is 0 Å². The summed E-state index contributed by atoms with van der Waals surface area (Å²) in [6.45, 7) is 2.08. The first kappa shape index (κ1) is 11.6. The van der Waals surface area contributed by atoms with Gasteiger partial charge in [0.2, 0.25) is 0 Å². The van der Waals surface area contributed by atoms with Gasteiger partial charge >= 0.3 is 6.03 Å². The van der Waals surface area contributed by atoms with E-state index in [0.717, 1.165) is 12.0 Å². The number of nitrogens with zero attached hydrogens (tertiary/aromatic N) is 2. The van der Waals surface area contributed by atoms with Gasteiger partial charge in [-0.25, -0.2) is 4.79 Å². The van der Waals surface area contributed by atoms with Crippen molar-refractivity contribution in [2.24, 2.45) is 0 Å². The van der Waals surface area contributed by atoms with Gasteiger partial charge in [-0.2, -0.15) is 0 Å². The van der Waals surface area contributed by atoms with Crippen molar-refractivity contribution in [2.75, 3.05) is 14.1 Å². The average Bonchev–Trinajstić information content (AvgIpc) is 2.54. The topological polar surface area (TPSA) is 40.6 Å². The molecule has 4 nitrogen and oxygen atoms in total. The van der Waals surface area contributed by atoms with E-state index < -0.39 is 6.04 Å². The third-order valence-corrected chi connectivity index (χ3v) is 3.24. The molecule has 0 bridgehead atoms. The third-order valence-electron chi connectivity index (χ3n) is 3.24. The Balaban J connectivity index is 2.33. The van der Waals surface area contributed by atoms with Gasteiger partial charge in [0.25, 0.3) is 5.91 Å². The first-order valence-corrected chi connectivity index (χ1v) is 5.69. The molecule has 1 heterocycles. The molecule has 1 unspecified atom stereocenters. The number of carbonyl (C=O) groups excluding carboxylic acids is 2. The molecule has 2 rings (SSSR count). The van der Waals surface area contributed by atoms with Gasteiger partial charge < -0.3 is 4.90 Å². The lowest BCUT2D eigenvalue weighted by Crippen LogP contribution is -2.27. The summed E-state index contributed by atoms with van der Waals surface area (Å²) < 4.78 is 0. The zero-order valence-electron chi connectivity index (χ0n) is 10.3. The summed E-state index contributed by atoms with van der Waals surface area (Å²) in [5.41, 5.74) is 2.09. The van der Waals surface area contributed by atoms with Crippen LogP contribution in [-0.4, -0.2) is 35.8 Å². The quantitative estimate of drug-likeness (QED) is 0.730. The summed E-state index contributed by atoms with van der Waals surface area (Å²) in [6.07, 6.45) is 0.966. The van der Waals surface area contributed by atoms with Gasteiger partial charge in [-0.1, -0.05) is 31.2 Å². The van der Waals surface area contributed by atoms with Crippen molar-refractivity contribution in [3.63, 3.8) is 0 Å². The standard InChI is InChI=1S/C13H16N2O2/c1-4-9-5-7-10(8-6-9)11-12(16)15(3)13(17)14(11)2/h5-8,11H,4H2,1-3H3. The summed E-state index contributed by atoms with van der Waals surface area (Å²) >= 11 is 0. The SMILES string of the molecule is CCc1ccc(C2C(=O)N(C)C(=O)N2C)cc1. The second-order valence-electron chi connectivity index (χ2n) is 4.29. The molecular weight excluding hydrogens is 216 g/mol. The second kappa shape index (κ2) is 4.20. The zero-order chi connectivity index (χ0) is 12.6. The lowest BCUT2D eigenvalue weighted by Gasteiger charge is -2.16. The van der Waals surface area contributed by atoms with E-state index in [-0.39, 0.29) is 11.9 Å². The number of urea groups is 1. The lowest BCUT2D eigenvalue weighted by atomic mass is 10.0. The number of imide groups is 1. The first-order chi connectivity index (χ1) is 8.06. The van der Waals surface area contributed by atoms with Gasteiger partial charge in [0.05, 0.1) is 0 Å². The Morgan fingerprint density at radius 1 is 1.12 bits per heavy atom. The Labute approximate surface area is 101 Å². The van der Waals surface area contributed by atoms with Crippen LogP contribution in [0.15, 0.2) is 24.3 Å². The molecule has 1 aromatic carbocycles. The maximum atomic E-state index is 11.9. The molecule has 0 aliphatic carbocycles. The van der Waals surface area contributed by atoms with Crippen molar-refractivity contribution in [2.45, 2.75) is 19.4 Å². The molecule has 0 saturated carbocycles. The highest BCUT2D eigenvalue weighted by Crippen LogP contribution is 2.28. The van der Waals surface area contributed by atoms with E-state index in [9.17, 15) is 9.59 Å². The highest BCUT2D eigenvalue weighted by molar-refractivity contribution is 6.04. The van der Waals surface area contributed by atoms with Crippen LogP contribution in [0.1, 0.15) is 24.1 Å². The normalized spacial score (nSPS) is 20.3. The molecule has 1 saturated heterocycles. The number of amides is 3. The number of benzene rings is 1. The number of likely N-dealkylation sites (N-methyl/N-ethyl adjacent to an activating group) is 2. The summed E-state index contributed by atoms with van der Waals surface area (Å²) in [6, 6.07) is 7.12. The average molecular weight is 232 g/mol. The Morgan fingerprint density at radius 2 is 1.71 bits per heavy atom. The first-order valence-electron chi connectivity index (χ1n) is 5.69. The van der Waals surface area contributed by atoms with Gasteiger partial charge in [-0.3, -0.25) is 9.69 Å². The molecule has 0 aromatic heterocycles. The van der Waals surface area contributed by atoms with Crippen molar-refractivity contribution in [3.05, 3.63) is 35.4 Å². The molecule has 3 amide bonds. The van der Waals surface area contributed by atoms with Gasteiger partial charge in [0, 0.05) is 14.1 Å². The Morgan fingerprint density at radius 3 is 2.12 bits per heavy atom. The van der Waals surface area contributed by atoms with E-state index in [4.69, 9.17) is 0 Å². The summed E-state index contributed by atoms with van der Waals surface area (Å²) in [4.78, 5) is 26.2. The van der Waals surface area contributed by atoms with Gasteiger partial charge in [0.1, 0.15) is 6.04 Å². The second-order valence-corrected chi connectivity index (χ2v) is 4.29. The fraction of sp³-hybridized carbons (Fsp3) is 0.385. The fourth-order valence-corrected chi connectivity index (χ4v) is 2.09. The molecule has 90 valence electrons. The van der Waals surface area contributed by atoms with Crippen LogP contribution >= 0.6 is 0 Å². The van der Waals surface area contributed by atoms with Crippen LogP contribution in [0.25, 0.3) is 0 Å². The molecule has 17 heavy (non-hydrogen) atoms. The van der Waals surface area contributed by atoms with Crippen molar-refractivity contribution in [3.8, 4) is 0 Å². The van der Waals surface area contributed by atoms with E-state index in [1.165, 1.54) is 22.4 Å². The van der Waals surface area contributed by atoms with E-state index in [1.807, 2.05) is 24.3 Å². The maximum absolute atomic E-state index is 11.9. The minimum atomic E-state index is -0.474. The summed E-state index contributed by atoms with van der Waals surface area (Å²) in [5.74, 6) is -0.165. The molecule has 0 spiro atoms. The molecule has 1 aromatic rings. The predicted molar refractivity (Wildman–Crippen MR) is 64.5 cm³/mol. The van der Waals surface area contributed by atoms with E-state index >= 15 is 0 Å². The van der Waals surface area contributed by atoms with Gasteiger partial charge in [-0.05, 0) is 17.5 Å². The van der Waals surface area contributed by atoms with Gasteiger partial charge in [0.15, 0.2) is 0 Å². The van der Waals surface area contributed by atoms with Crippen molar-refractivity contribution in [1.29, 1.82) is 0 Å². The van der Waals surface area contributed by atoms with Crippen LogP contribution in [0.2, 0.25) is 0 Å². The highest BCUT2D eigenvalue weighted by Gasteiger charge is 2.41. The number of rotatable bonds is 2. The monoisotopic (exact) mass is 232 g/mol. The molecular formula is C13H16N2O2. The number of carbonyl (C=O) groups is 2. The number of aryl methyl sites for hydroxylation is 1. The largest absolute Gasteiger partial charge is 0.327 e. The zero-order valence-corrected chi connectivity index (χ0v) is 10.3. The van der Waals surface area contributed by atoms with Crippen LogP contribution in [0, 0.1) is 0 Å². The highest BCUT2D eigenvalue weighted by atomic mass is 16.2. The third kappa shape index (κ3) is 1.79. The van der Waals surface area contributed by atoms with E-state index in [1.54, 1.807) is 7.05 Å². The summed E-state index contributed by atoms with van der Waals surface area (Å²) in [5, 5.41) is 0. The Kier molecular flexibility index (Phi) is 2.88. The molecule has 4 heteroatoms. The van der Waals surface area contributed by atoms with Crippen LogP contribution in [-0.2, 0) is 11.2 Å². The Hall–Kier alpha value is -1.84. The number of hydrogen-bond acceptors (Lipinski definition) is 2. The predicted octanol–water partition coefficient (Wildman–Crippen LogP) is 1.81. The van der Waals surface area contributed by atoms with Crippen LogP contribution in [0.3, 0.4) is 0 Å². The van der Waals surface area contributed by atoms with E-state index in [2.05, 4.69) is 6.92 Å². The Bertz CT molecular complexity index is 453. The molecule has 1 atom stereocenters. The fourth-order valence-electron chi connectivity index (χ4n) is 2.09. The molecule has 1 aliphatic heterocycles. The molecule has 1 aliphatic rings. The lowest BCUT2D eigenvalue weighted by molar-refractivity contribution is -0.127. The molecule has 0 radical (unpaired) electrons. The van der Waals surface area contributed by atoms with E-state index in [0.29, 0.717) is 0 Å². The number of hydrogen-bond donors (Lipinski definition) is 0. The van der Waals surface area contributed by atoms with Gasteiger partial charge in [-0.15, -0.1) is 0 Å². The van der Waals surface area contributed by atoms with Crippen molar-refractivity contribution >= 4 is 11.9 Å². The van der Waals surface area contributed by atoms with Crippen LogP contribution in [0.4, 0.5) is 4.79 Å². The van der Waals surface area contributed by atoms with Crippen LogP contribution in [0.5, 0.6) is 0 Å². The molecule has 0 N–H and O–H groups in total. The smallest absolute Gasteiger partial charge is 0.311 e. The minimum absolute atomic E-state index is 0.165. The summed E-state index contributed by atoms with van der Waals surface area (Å²) in [7, 11) is 3.17.